The molecule has 0 unspecified atom stereocenters. The molecule has 3 aromatic rings. The van der Waals surface area contributed by atoms with Crippen molar-refractivity contribution in [3.05, 3.63) is 76.1 Å². The Labute approximate surface area is 127 Å². The molecule has 0 radical (unpaired) electrons. The lowest BCUT2D eigenvalue weighted by Gasteiger charge is -2.05. The zero-order valence-corrected chi connectivity index (χ0v) is 12.0. The zero-order chi connectivity index (χ0) is 15.5. The predicted molar refractivity (Wildman–Crippen MR) is 86.0 cm³/mol. The van der Waals surface area contributed by atoms with Crippen molar-refractivity contribution in [2.45, 2.75) is 6.92 Å². The number of amides is 1. The van der Waals surface area contributed by atoms with E-state index in [1.165, 1.54) is 0 Å². The zero-order valence-electron chi connectivity index (χ0n) is 12.0. The topological polar surface area (TPSA) is 77.8 Å². The number of H-pyrrole nitrogens is 2. The molecule has 22 heavy (non-hydrogen) atoms. The third-order valence-electron chi connectivity index (χ3n) is 3.39. The molecule has 1 heterocycles. The summed E-state index contributed by atoms with van der Waals surface area (Å²) in [7, 11) is 0. The second-order valence-corrected chi connectivity index (χ2v) is 5.02. The minimum atomic E-state index is -0.362. The van der Waals surface area contributed by atoms with Gasteiger partial charge in [-0.1, -0.05) is 48.0 Å². The van der Waals surface area contributed by atoms with Crippen LogP contribution in [0.25, 0.3) is 11.3 Å². The van der Waals surface area contributed by atoms with Crippen LogP contribution in [-0.2, 0) is 0 Å². The molecule has 0 bridgehead atoms. The lowest BCUT2D eigenvalue weighted by Crippen LogP contribution is -2.17. The average molecular weight is 293 g/mol. The first-order valence-electron chi connectivity index (χ1n) is 6.89. The Morgan fingerprint density at radius 2 is 1.64 bits per heavy atom. The standard InChI is InChI=1S/C17H15N3O2/c1-11-7-9-13(10-8-11)16(21)18-15-14(19-20-17(15)22)12-5-3-2-4-6-12/h2-10H,1H3,(H,18,21)(H2,19,20,22). The third kappa shape index (κ3) is 2.69. The molecule has 0 saturated carbocycles. The molecule has 5 nitrogen and oxygen atoms in total. The largest absolute Gasteiger partial charge is 0.316 e. The molecular weight excluding hydrogens is 278 g/mol. The van der Waals surface area contributed by atoms with Crippen LogP contribution in [-0.4, -0.2) is 16.1 Å². The van der Waals surface area contributed by atoms with Gasteiger partial charge in [0.1, 0.15) is 5.69 Å². The average Bonchev–Trinajstić information content (AvgIpc) is 2.90. The van der Waals surface area contributed by atoms with Crippen molar-refractivity contribution in [1.82, 2.24) is 10.2 Å². The molecule has 2 aromatic carbocycles. The lowest BCUT2D eigenvalue weighted by molar-refractivity contribution is 0.102. The highest BCUT2D eigenvalue weighted by atomic mass is 16.2. The number of rotatable bonds is 3. The molecule has 1 amide bonds. The maximum absolute atomic E-state index is 12.3. The SMILES string of the molecule is Cc1ccc(C(=O)Nc2c(-c3ccccc3)[nH][nH]c2=O)cc1. The van der Waals surface area contributed by atoms with E-state index in [2.05, 4.69) is 15.5 Å². The highest BCUT2D eigenvalue weighted by Crippen LogP contribution is 2.22. The maximum Gasteiger partial charge on any atom is 0.288 e. The summed E-state index contributed by atoms with van der Waals surface area (Å²) in [5.41, 5.74) is 2.81. The predicted octanol–water partition coefficient (Wildman–Crippen LogP) is 2.93. The summed E-state index contributed by atoms with van der Waals surface area (Å²) in [6, 6.07) is 16.5. The Hall–Kier alpha value is -3.08. The number of aromatic amines is 2. The van der Waals surface area contributed by atoms with Crippen molar-refractivity contribution in [2.24, 2.45) is 0 Å². The number of anilines is 1. The van der Waals surface area contributed by atoms with Crippen molar-refractivity contribution in [3.63, 3.8) is 0 Å². The number of hydrogen-bond acceptors (Lipinski definition) is 2. The second kappa shape index (κ2) is 5.73. The maximum atomic E-state index is 12.3. The van der Waals surface area contributed by atoms with Crippen molar-refractivity contribution >= 4 is 11.6 Å². The van der Waals surface area contributed by atoms with E-state index in [0.29, 0.717) is 11.3 Å². The first kappa shape index (κ1) is 13.9. The van der Waals surface area contributed by atoms with Crippen LogP contribution in [0.3, 0.4) is 0 Å². The van der Waals surface area contributed by atoms with E-state index in [9.17, 15) is 9.59 Å². The highest BCUT2D eigenvalue weighted by Gasteiger charge is 2.15. The van der Waals surface area contributed by atoms with Crippen LogP contribution in [0, 0.1) is 6.92 Å². The van der Waals surface area contributed by atoms with Gasteiger partial charge in [0.15, 0.2) is 0 Å². The quantitative estimate of drug-likeness (QED) is 0.694. The first-order chi connectivity index (χ1) is 10.6. The highest BCUT2D eigenvalue weighted by molar-refractivity contribution is 6.05. The molecule has 0 aliphatic carbocycles. The Kier molecular flexibility index (Phi) is 3.62. The normalized spacial score (nSPS) is 10.4. The van der Waals surface area contributed by atoms with Crippen LogP contribution >= 0.6 is 0 Å². The monoisotopic (exact) mass is 293 g/mol. The Bertz CT molecular complexity index is 846. The van der Waals surface area contributed by atoms with Gasteiger partial charge in [0.05, 0.1) is 5.69 Å². The minimum absolute atomic E-state index is 0.219. The summed E-state index contributed by atoms with van der Waals surface area (Å²) in [5.74, 6) is -0.317. The summed E-state index contributed by atoms with van der Waals surface area (Å²) in [5, 5.41) is 7.99. The van der Waals surface area contributed by atoms with Crippen LogP contribution in [0.4, 0.5) is 5.69 Å². The van der Waals surface area contributed by atoms with Gasteiger partial charge >= 0.3 is 0 Å². The first-order valence-corrected chi connectivity index (χ1v) is 6.89. The third-order valence-corrected chi connectivity index (χ3v) is 3.39. The number of nitrogens with one attached hydrogen (secondary N) is 3. The Morgan fingerprint density at radius 3 is 2.32 bits per heavy atom. The van der Waals surface area contributed by atoms with E-state index >= 15 is 0 Å². The Morgan fingerprint density at radius 1 is 0.955 bits per heavy atom. The second-order valence-electron chi connectivity index (χ2n) is 5.02. The summed E-state index contributed by atoms with van der Waals surface area (Å²) >= 11 is 0. The van der Waals surface area contributed by atoms with Gasteiger partial charge in [-0.15, -0.1) is 0 Å². The molecule has 110 valence electrons. The molecule has 3 rings (SSSR count). The van der Waals surface area contributed by atoms with Crippen LogP contribution in [0.5, 0.6) is 0 Å². The molecule has 0 aliphatic rings. The summed E-state index contributed by atoms with van der Waals surface area (Å²) in [4.78, 5) is 24.2. The van der Waals surface area contributed by atoms with E-state index in [1.807, 2.05) is 49.4 Å². The molecule has 0 atom stereocenters. The van der Waals surface area contributed by atoms with Crippen LogP contribution in [0.1, 0.15) is 15.9 Å². The number of aromatic nitrogens is 2. The Balaban J connectivity index is 1.93. The lowest BCUT2D eigenvalue weighted by atomic mass is 10.1. The van der Waals surface area contributed by atoms with Gasteiger partial charge in [-0.3, -0.25) is 19.8 Å². The van der Waals surface area contributed by atoms with Gasteiger partial charge in [0.2, 0.25) is 0 Å². The van der Waals surface area contributed by atoms with Crippen LogP contribution < -0.4 is 10.9 Å². The molecule has 0 spiro atoms. The smallest absolute Gasteiger partial charge is 0.288 e. The van der Waals surface area contributed by atoms with Gasteiger partial charge in [0, 0.05) is 11.1 Å². The van der Waals surface area contributed by atoms with Gasteiger partial charge in [-0.05, 0) is 19.1 Å². The van der Waals surface area contributed by atoms with Crippen LogP contribution in [0.15, 0.2) is 59.4 Å². The van der Waals surface area contributed by atoms with E-state index in [-0.39, 0.29) is 17.2 Å². The number of benzene rings is 2. The van der Waals surface area contributed by atoms with Gasteiger partial charge in [-0.2, -0.15) is 0 Å². The van der Waals surface area contributed by atoms with E-state index in [1.54, 1.807) is 12.1 Å². The number of aryl methyl sites for hydroxylation is 1. The van der Waals surface area contributed by atoms with Gasteiger partial charge < -0.3 is 5.32 Å². The van der Waals surface area contributed by atoms with Gasteiger partial charge in [-0.25, -0.2) is 0 Å². The number of carbonyl (C=O) groups is 1. The fraction of sp³-hybridized carbons (Fsp3) is 0.0588. The van der Waals surface area contributed by atoms with Crippen molar-refractivity contribution in [2.75, 3.05) is 5.32 Å². The van der Waals surface area contributed by atoms with E-state index in [0.717, 1.165) is 11.1 Å². The summed E-state index contributed by atoms with van der Waals surface area (Å²) < 4.78 is 0. The van der Waals surface area contributed by atoms with E-state index in [4.69, 9.17) is 0 Å². The van der Waals surface area contributed by atoms with E-state index < -0.39 is 0 Å². The fourth-order valence-electron chi connectivity index (χ4n) is 2.19. The van der Waals surface area contributed by atoms with Crippen molar-refractivity contribution in [1.29, 1.82) is 0 Å². The van der Waals surface area contributed by atoms with Crippen molar-refractivity contribution in [3.8, 4) is 11.3 Å². The minimum Gasteiger partial charge on any atom is -0.316 e. The molecule has 0 aliphatic heterocycles. The molecule has 1 aromatic heterocycles. The van der Waals surface area contributed by atoms with Crippen LogP contribution in [0.2, 0.25) is 0 Å². The molecule has 0 saturated heterocycles. The molecule has 5 heteroatoms. The molecule has 3 N–H and O–H groups in total. The molecule has 0 fully saturated rings. The summed E-state index contributed by atoms with van der Waals surface area (Å²) in [6.07, 6.45) is 0. The van der Waals surface area contributed by atoms with Crippen molar-refractivity contribution < 1.29 is 4.79 Å². The summed E-state index contributed by atoms with van der Waals surface area (Å²) in [6.45, 7) is 1.95. The number of carbonyl (C=O) groups excluding carboxylic acids is 1. The van der Waals surface area contributed by atoms with Gasteiger partial charge in [0.25, 0.3) is 11.5 Å². The molecular formula is C17H15N3O2. The number of hydrogen-bond donors (Lipinski definition) is 3. The fourth-order valence-corrected chi connectivity index (χ4v) is 2.19.